The predicted octanol–water partition coefficient (Wildman–Crippen LogP) is 4.07. The zero-order chi connectivity index (χ0) is 12.6. The summed E-state index contributed by atoms with van der Waals surface area (Å²) in [4.78, 5) is 0. The van der Waals surface area contributed by atoms with Crippen molar-refractivity contribution in [3.05, 3.63) is 34.9 Å². The van der Waals surface area contributed by atoms with E-state index in [9.17, 15) is 0 Å². The van der Waals surface area contributed by atoms with E-state index in [0.717, 1.165) is 5.92 Å². The molecule has 2 fully saturated rings. The van der Waals surface area contributed by atoms with Crippen molar-refractivity contribution in [2.75, 3.05) is 6.54 Å². The second kappa shape index (κ2) is 4.70. The van der Waals surface area contributed by atoms with Crippen LogP contribution in [-0.2, 0) is 5.54 Å². The number of nitrogens with one attached hydrogen (secondary N) is 1. The Hall–Kier alpha value is -0.820. The van der Waals surface area contributed by atoms with Crippen molar-refractivity contribution in [3.63, 3.8) is 0 Å². The van der Waals surface area contributed by atoms with E-state index in [-0.39, 0.29) is 0 Å². The summed E-state index contributed by atoms with van der Waals surface area (Å²) in [5, 5.41) is 3.93. The highest BCUT2D eigenvalue weighted by Crippen LogP contribution is 2.49. The van der Waals surface area contributed by atoms with E-state index in [1.807, 2.05) is 0 Å². The zero-order valence-electron chi connectivity index (χ0n) is 11.8. The standard InChI is InChI=1S/C17H25N/c1-13-10-14(2)12-16(11-13)17(15-6-7-15)8-4-3-5-9-18-17/h10-12,15,18H,3-9H2,1-2H3. The molecule has 3 rings (SSSR count). The summed E-state index contributed by atoms with van der Waals surface area (Å²) in [5.74, 6) is 0.886. The number of hydrogen-bond acceptors (Lipinski definition) is 1. The van der Waals surface area contributed by atoms with Gasteiger partial charge in [-0.15, -0.1) is 0 Å². The molecule has 1 heterocycles. The molecule has 1 N–H and O–H groups in total. The molecule has 98 valence electrons. The molecule has 1 saturated carbocycles. The molecule has 2 aliphatic rings. The second-order valence-electron chi connectivity index (χ2n) is 6.36. The third-order valence-electron chi connectivity index (χ3n) is 4.70. The SMILES string of the molecule is Cc1cc(C)cc(C2(C3CC3)CCCCCN2)c1. The van der Waals surface area contributed by atoms with Crippen molar-refractivity contribution in [3.8, 4) is 0 Å². The highest BCUT2D eigenvalue weighted by atomic mass is 15.0. The van der Waals surface area contributed by atoms with E-state index >= 15 is 0 Å². The maximum Gasteiger partial charge on any atom is 0.0463 e. The van der Waals surface area contributed by atoms with Gasteiger partial charge in [-0.05, 0) is 57.6 Å². The lowest BCUT2D eigenvalue weighted by molar-refractivity contribution is 0.279. The summed E-state index contributed by atoms with van der Waals surface area (Å²) < 4.78 is 0. The number of hydrogen-bond donors (Lipinski definition) is 1. The minimum absolute atomic E-state index is 0.299. The molecule has 1 aromatic rings. The molecule has 0 radical (unpaired) electrons. The first-order chi connectivity index (χ1) is 8.71. The van der Waals surface area contributed by atoms with Gasteiger partial charge in [0, 0.05) is 5.54 Å². The van der Waals surface area contributed by atoms with Crippen LogP contribution in [0.2, 0.25) is 0 Å². The fraction of sp³-hybridized carbons (Fsp3) is 0.647. The Bertz CT molecular complexity index is 403. The van der Waals surface area contributed by atoms with Gasteiger partial charge in [0.25, 0.3) is 0 Å². The lowest BCUT2D eigenvalue weighted by Gasteiger charge is -2.35. The predicted molar refractivity (Wildman–Crippen MR) is 76.8 cm³/mol. The zero-order valence-corrected chi connectivity index (χ0v) is 11.8. The molecule has 0 aromatic heterocycles. The highest BCUT2D eigenvalue weighted by Gasteiger charge is 2.46. The largest absolute Gasteiger partial charge is 0.307 e. The average Bonchev–Trinajstić information content (AvgIpc) is 3.15. The van der Waals surface area contributed by atoms with Gasteiger partial charge in [-0.2, -0.15) is 0 Å². The van der Waals surface area contributed by atoms with Gasteiger partial charge < -0.3 is 5.32 Å². The van der Waals surface area contributed by atoms with Crippen LogP contribution in [0.15, 0.2) is 18.2 Å². The second-order valence-corrected chi connectivity index (χ2v) is 6.36. The Morgan fingerprint density at radius 1 is 1.00 bits per heavy atom. The molecule has 1 aromatic carbocycles. The summed E-state index contributed by atoms with van der Waals surface area (Å²) in [6.45, 7) is 5.66. The topological polar surface area (TPSA) is 12.0 Å². The smallest absolute Gasteiger partial charge is 0.0463 e. The summed E-state index contributed by atoms with van der Waals surface area (Å²) in [6, 6.07) is 7.13. The van der Waals surface area contributed by atoms with E-state index in [1.54, 1.807) is 5.56 Å². The van der Waals surface area contributed by atoms with Crippen molar-refractivity contribution >= 4 is 0 Å². The van der Waals surface area contributed by atoms with Crippen LogP contribution >= 0.6 is 0 Å². The Kier molecular flexibility index (Phi) is 3.19. The minimum atomic E-state index is 0.299. The molecule has 1 atom stereocenters. The quantitative estimate of drug-likeness (QED) is 0.825. The average molecular weight is 243 g/mol. The maximum atomic E-state index is 3.93. The van der Waals surface area contributed by atoms with Crippen molar-refractivity contribution < 1.29 is 0 Å². The number of aryl methyl sites for hydroxylation is 2. The van der Waals surface area contributed by atoms with Crippen LogP contribution in [0, 0.1) is 19.8 Å². The Balaban J connectivity index is 2.01. The molecule has 0 spiro atoms. The molecule has 1 unspecified atom stereocenters. The molecule has 1 heteroatoms. The fourth-order valence-corrected chi connectivity index (χ4v) is 3.74. The summed E-state index contributed by atoms with van der Waals surface area (Å²) in [5.41, 5.74) is 4.68. The highest BCUT2D eigenvalue weighted by molar-refractivity contribution is 5.35. The van der Waals surface area contributed by atoms with E-state index in [0.29, 0.717) is 5.54 Å². The molecule has 18 heavy (non-hydrogen) atoms. The molecule has 0 amide bonds. The van der Waals surface area contributed by atoms with Crippen LogP contribution in [-0.4, -0.2) is 6.54 Å². The van der Waals surface area contributed by atoms with Gasteiger partial charge in [0.15, 0.2) is 0 Å². The van der Waals surface area contributed by atoms with Crippen LogP contribution in [0.25, 0.3) is 0 Å². The third-order valence-corrected chi connectivity index (χ3v) is 4.70. The third kappa shape index (κ3) is 2.21. The minimum Gasteiger partial charge on any atom is -0.307 e. The first-order valence-corrected chi connectivity index (χ1v) is 7.54. The number of benzene rings is 1. The lowest BCUT2D eigenvalue weighted by atomic mass is 9.80. The molecular formula is C17H25N. The van der Waals surface area contributed by atoms with Crippen LogP contribution in [0.1, 0.15) is 55.2 Å². The summed E-state index contributed by atoms with van der Waals surface area (Å²) in [6.07, 6.45) is 8.29. The van der Waals surface area contributed by atoms with Crippen molar-refractivity contribution in [2.24, 2.45) is 5.92 Å². The number of rotatable bonds is 2. The van der Waals surface area contributed by atoms with Crippen LogP contribution < -0.4 is 5.32 Å². The Labute approximate surface area is 111 Å². The normalized spacial score (nSPS) is 29.0. The molecule has 1 aliphatic heterocycles. The Morgan fingerprint density at radius 2 is 1.72 bits per heavy atom. The van der Waals surface area contributed by atoms with Crippen LogP contribution in [0.5, 0.6) is 0 Å². The van der Waals surface area contributed by atoms with Crippen molar-refractivity contribution in [2.45, 2.75) is 57.9 Å². The Morgan fingerprint density at radius 3 is 2.39 bits per heavy atom. The van der Waals surface area contributed by atoms with Gasteiger partial charge in [0.05, 0.1) is 0 Å². The van der Waals surface area contributed by atoms with Crippen LogP contribution in [0.3, 0.4) is 0 Å². The van der Waals surface area contributed by atoms with Gasteiger partial charge in [-0.1, -0.05) is 42.2 Å². The van der Waals surface area contributed by atoms with E-state index in [4.69, 9.17) is 0 Å². The lowest BCUT2D eigenvalue weighted by Crippen LogP contribution is -2.44. The van der Waals surface area contributed by atoms with E-state index in [2.05, 4.69) is 37.4 Å². The molecule has 1 saturated heterocycles. The van der Waals surface area contributed by atoms with Gasteiger partial charge in [-0.3, -0.25) is 0 Å². The molecular weight excluding hydrogens is 218 g/mol. The molecule has 1 aliphatic carbocycles. The van der Waals surface area contributed by atoms with Gasteiger partial charge in [0.1, 0.15) is 0 Å². The van der Waals surface area contributed by atoms with E-state index in [1.165, 1.54) is 56.2 Å². The van der Waals surface area contributed by atoms with Crippen molar-refractivity contribution in [1.29, 1.82) is 0 Å². The molecule has 1 nitrogen and oxygen atoms in total. The van der Waals surface area contributed by atoms with Gasteiger partial charge in [-0.25, -0.2) is 0 Å². The maximum absolute atomic E-state index is 3.93. The van der Waals surface area contributed by atoms with Crippen molar-refractivity contribution in [1.82, 2.24) is 5.32 Å². The van der Waals surface area contributed by atoms with Gasteiger partial charge in [0.2, 0.25) is 0 Å². The summed E-state index contributed by atoms with van der Waals surface area (Å²) in [7, 11) is 0. The van der Waals surface area contributed by atoms with Crippen LogP contribution in [0.4, 0.5) is 0 Å². The first-order valence-electron chi connectivity index (χ1n) is 7.54. The molecule has 0 bridgehead atoms. The van der Waals surface area contributed by atoms with E-state index < -0.39 is 0 Å². The first kappa shape index (κ1) is 12.2. The monoisotopic (exact) mass is 243 g/mol. The fourth-order valence-electron chi connectivity index (χ4n) is 3.74. The summed E-state index contributed by atoms with van der Waals surface area (Å²) >= 11 is 0. The van der Waals surface area contributed by atoms with Gasteiger partial charge >= 0.3 is 0 Å².